The monoisotopic (exact) mass is 275 g/mol. The van der Waals surface area contributed by atoms with Crippen LogP contribution in [0.3, 0.4) is 0 Å². The molecule has 2 atom stereocenters. The molecule has 20 heavy (non-hydrogen) atoms. The largest absolute Gasteiger partial charge is 0.329 e. The van der Waals surface area contributed by atoms with Gasteiger partial charge in [-0.15, -0.1) is 0 Å². The Morgan fingerprint density at radius 2 is 1.70 bits per heavy atom. The summed E-state index contributed by atoms with van der Waals surface area (Å²) in [6, 6.07) is 9.72. The van der Waals surface area contributed by atoms with Gasteiger partial charge in [0.15, 0.2) is 0 Å². The fourth-order valence-electron chi connectivity index (χ4n) is 3.18. The molecule has 1 aromatic rings. The first-order valence-corrected chi connectivity index (χ1v) is 7.91. The quantitative estimate of drug-likeness (QED) is 0.895. The molecule has 2 rings (SSSR count). The van der Waals surface area contributed by atoms with Crippen molar-refractivity contribution >= 4 is 0 Å². The zero-order chi connectivity index (χ0) is 14.5. The van der Waals surface area contributed by atoms with E-state index in [1.54, 1.807) is 0 Å². The molecule has 0 radical (unpaired) electrons. The molecular weight excluding hydrogens is 246 g/mol. The normalized spacial score (nSPS) is 20.8. The van der Waals surface area contributed by atoms with Crippen molar-refractivity contribution in [2.45, 2.75) is 39.3 Å². The minimum Gasteiger partial charge on any atom is -0.329 e. The van der Waals surface area contributed by atoms with Gasteiger partial charge in [-0.1, -0.05) is 31.2 Å². The highest BCUT2D eigenvalue weighted by Gasteiger charge is 2.26. The van der Waals surface area contributed by atoms with Crippen molar-refractivity contribution in [2.24, 2.45) is 5.73 Å². The Kier molecular flexibility index (Phi) is 5.58. The number of nitrogens with zero attached hydrogens (tertiary/aromatic N) is 2. The van der Waals surface area contributed by atoms with Gasteiger partial charge in [0.25, 0.3) is 0 Å². The number of nitrogens with two attached hydrogens (primary N) is 1. The third-order valence-corrected chi connectivity index (χ3v) is 4.77. The molecule has 2 N–H and O–H groups in total. The number of benzene rings is 1. The van der Waals surface area contributed by atoms with Crippen molar-refractivity contribution in [3.8, 4) is 0 Å². The lowest BCUT2D eigenvalue weighted by Gasteiger charge is -2.41. The van der Waals surface area contributed by atoms with E-state index in [0.29, 0.717) is 18.6 Å². The molecule has 0 saturated carbocycles. The minimum atomic E-state index is 0.371. The molecule has 1 aliphatic heterocycles. The topological polar surface area (TPSA) is 32.5 Å². The summed E-state index contributed by atoms with van der Waals surface area (Å²) in [6.45, 7) is 12.1. The minimum absolute atomic E-state index is 0.371. The van der Waals surface area contributed by atoms with Gasteiger partial charge in [-0.2, -0.15) is 0 Å². The Labute approximate surface area is 123 Å². The average molecular weight is 275 g/mol. The summed E-state index contributed by atoms with van der Waals surface area (Å²) in [5, 5.41) is 0. The number of hydrogen-bond donors (Lipinski definition) is 1. The second kappa shape index (κ2) is 7.21. The Morgan fingerprint density at radius 1 is 1.10 bits per heavy atom. The smallest absolute Gasteiger partial charge is 0.0474 e. The van der Waals surface area contributed by atoms with E-state index in [1.807, 2.05) is 0 Å². The number of piperazine rings is 1. The van der Waals surface area contributed by atoms with Crippen LogP contribution in [0, 0.1) is 6.92 Å². The molecule has 1 fully saturated rings. The third-order valence-electron chi connectivity index (χ3n) is 4.77. The first kappa shape index (κ1) is 15.5. The highest BCUT2D eigenvalue weighted by molar-refractivity contribution is 5.29. The predicted molar refractivity (Wildman–Crippen MR) is 85.9 cm³/mol. The highest BCUT2D eigenvalue weighted by Crippen LogP contribution is 2.24. The van der Waals surface area contributed by atoms with Gasteiger partial charge < -0.3 is 5.73 Å². The molecule has 1 aliphatic rings. The van der Waals surface area contributed by atoms with Crippen LogP contribution in [0.1, 0.15) is 37.4 Å². The molecular formula is C17H29N3. The predicted octanol–water partition coefficient (Wildman–Crippen LogP) is 2.41. The Bertz CT molecular complexity index is 410. The second-order valence-electron chi connectivity index (χ2n) is 5.94. The fourth-order valence-corrected chi connectivity index (χ4v) is 3.18. The summed E-state index contributed by atoms with van der Waals surface area (Å²) < 4.78 is 0. The lowest BCUT2D eigenvalue weighted by Crippen LogP contribution is -2.51. The van der Waals surface area contributed by atoms with Gasteiger partial charge in [0.2, 0.25) is 0 Å². The van der Waals surface area contributed by atoms with Crippen LogP contribution in [0.15, 0.2) is 24.3 Å². The molecule has 3 heteroatoms. The molecule has 112 valence electrons. The summed E-state index contributed by atoms with van der Waals surface area (Å²) >= 11 is 0. The van der Waals surface area contributed by atoms with Crippen molar-refractivity contribution in [1.82, 2.24) is 9.80 Å². The van der Waals surface area contributed by atoms with Crippen molar-refractivity contribution in [2.75, 3.05) is 32.7 Å². The molecule has 1 saturated heterocycles. The van der Waals surface area contributed by atoms with Crippen LogP contribution in [0.25, 0.3) is 0 Å². The maximum atomic E-state index is 6.07. The van der Waals surface area contributed by atoms with E-state index < -0.39 is 0 Å². The molecule has 3 nitrogen and oxygen atoms in total. The van der Waals surface area contributed by atoms with Crippen LogP contribution in [-0.2, 0) is 0 Å². The Balaban J connectivity index is 2.03. The van der Waals surface area contributed by atoms with Gasteiger partial charge in [-0.25, -0.2) is 0 Å². The first-order valence-electron chi connectivity index (χ1n) is 7.91. The second-order valence-corrected chi connectivity index (χ2v) is 5.94. The number of rotatable bonds is 5. The van der Waals surface area contributed by atoms with Crippen LogP contribution >= 0.6 is 0 Å². The van der Waals surface area contributed by atoms with Crippen LogP contribution in [-0.4, -0.2) is 48.6 Å². The molecule has 0 aliphatic carbocycles. The van der Waals surface area contributed by atoms with E-state index in [1.165, 1.54) is 17.5 Å². The van der Waals surface area contributed by atoms with Crippen LogP contribution in [0.2, 0.25) is 0 Å². The van der Waals surface area contributed by atoms with E-state index in [9.17, 15) is 0 Å². The molecule has 1 aromatic carbocycles. The van der Waals surface area contributed by atoms with Gasteiger partial charge in [-0.3, -0.25) is 9.80 Å². The summed E-state index contributed by atoms with van der Waals surface area (Å²) in [7, 11) is 0. The van der Waals surface area contributed by atoms with Crippen molar-refractivity contribution in [1.29, 1.82) is 0 Å². The van der Waals surface area contributed by atoms with Crippen molar-refractivity contribution in [3.63, 3.8) is 0 Å². The lowest BCUT2D eigenvalue weighted by molar-refractivity contribution is 0.0742. The van der Waals surface area contributed by atoms with E-state index in [0.717, 1.165) is 26.2 Å². The number of aryl methyl sites for hydroxylation is 1. The first-order chi connectivity index (χ1) is 9.67. The molecule has 2 unspecified atom stereocenters. The summed E-state index contributed by atoms with van der Waals surface area (Å²) in [5.74, 6) is 0. The summed E-state index contributed by atoms with van der Waals surface area (Å²) in [5.41, 5.74) is 8.82. The molecule has 0 spiro atoms. The maximum absolute atomic E-state index is 6.07. The Morgan fingerprint density at radius 3 is 2.25 bits per heavy atom. The number of hydrogen-bond acceptors (Lipinski definition) is 3. The molecule has 0 aromatic heterocycles. The van der Waals surface area contributed by atoms with Crippen LogP contribution in [0.4, 0.5) is 0 Å². The van der Waals surface area contributed by atoms with Crippen LogP contribution in [0.5, 0.6) is 0 Å². The van der Waals surface area contributed by atoms with E-state index in [4.69, 9.17) is 5.73 Å². The Hall–Kier alpha value is -0.900. The average Bonchev–Trinajstić information content (AvgIpc) is 2.50. The third kappa shape index (κ3) is 3.40. The van der Waals surface area contributed by atoms with Crippen molar-refractivity contribution < 1.29 is 0 Å². The summed E-state index contributed by atoms with van der Waals surface area (Å²) in [6.07, 6.45) is 1.23. The van der Waals surface area contributed by atoms with E-state index in [2.05, 4.69) is 54.8 Å². The highest BCUT2D eigenvalue weighted by atomic mass is 15.3. The van der Waals surface area contributed by atoms with E-state index >= 15 is 0 Å². The maximum Gasteiger partial charge on any atom is 0.0474 e. The molecule has 0 amide bonds. The van der Waals surface area contributed by atoms with Gasteiger partial charge in [-0.05, 0) is 31.4 Å². The lowest BCUT2D eigenvalue weighted by atomic mass is 9.99. The van der Waals surface area contributed by atoms with Gasteiger partial charge >= 0.3 is 0 Å². The summed E-state index contributed by atoms with van der Waals surface area (Å²) in [4.78, 5) is 5.16. The molecule has 0 bridgehead atoms. The molecule has 1 heterocycles. The fraction of sp³-hybridized carbons (Fsp3) is 0.647. The van der Waals surface area contributed by atoms with Gasteiger partial charge in [0.05, 0.1) is 0 Å². The van der Waals surface area contributed by atoms with Gasteiger partial charge in [0, 0.05) is 44.8 Å². The van der Waals surface area contributed by atoms with Crippen molar-refractivity contribution in [3.05, 3.63) is 35.4 Å². The van der Waals surface area contributed by atoms with E-state index in [-0.39, 0.29) is 0 Å². The SMILES string of the molecule is CCC(C)N1CCN(C(CN)c2ccccc2C)CC1. The zero-order valence-corrected chi connectivity index (χ0v) is 13.2. The zero-order valence-electron chi connectivity index (χ0n) is 13.2. The van der Waals surface area contributed by atoms with Crippen LogP contribution < -0.4 is 5.73 Å². The van der Waals surface area contributed by atoms with Gasteiger partial charge in [0.1, 0.15) is 0 Å². The standard InChI is InChI=1S/C17H29N3/c1-4-15(3)19-9-11-20(12-10-19)17(13-18)16-8-6-5-7-14(16)2/h5-8,15,17H,4,9-13,18H2,1-3H3.